The molecule has 0 aromatic heterocycles. The molecule has 1 aromatic carbocycles. The van der Waals surface area contributed by atoms with Crippen LogP contribution in [0, 0.1) is 17.8 Å². The molecular formula is C17H21NO2. The van der Waals surface area contributed by atoms with Gasteiger partial charge in [-0.15, -0.1) is 0 Å². The fourth-order valence-corrected chi connectivity index (χ4v) is 2.42. The van der Waals surface area contributed by atoms with Gasteiger partial charge in [0.2, 0.25) is 5.91 Å². The fraction of sp³-hybridized carbons (Fsp3) is 0.471. The van der Waals surface area contributed by atoms with Crippen molar-refractivity contribution in [1.82, 2.24) is 4.90 Å². The van der Waals surface area contributed by atoms with E-state index in [1.807, 2.05) is 36.1 Å². The summed E-state index contributed by atoms with van der Waals surface area (Å²) in [5.74, 6) is 6.33. The van der Waals surface area contributed by atoms with Gasteiger partial charge in [0, 0.05) is 31.0 Å². The first kappa shape index (κ1) is 14.6. The SMILES string of the molecule is CC1CCCN(Cc2ccc(C#CCCO)cc2)C1=O. The van der Waals surface area contributed by atoms with Gasteiger partial charge in [-0.2, -0.15) is 0 Å². The third kappa shape index (κ3) is 3.85. The van der Waals surface area contributed by atoms with Crippen LogP contribution in [0.4, 0.5) is 0 Å². The van der Waals surface area contributed by atoms with Crippen LogP contribution in [0.1, 0.15) is 37.3 Å². The Morgan fingerprint density at radius 1 is 1.35 bits per heavy atom. The Labute approximate surface area is 120 Å². The van der Waals surface area contributed by atoms with E-state index in [9.17, 15) is 4.79 Å². The Balaban J connectivity index is 1.97. The molecule has 1 amide bonds. The number of piperidine rings is 1. The molecule has 1 saturated heterocycles. The zero-order valence-corrected chi connectivity index (χ0v) is 11.9. The molecule has 1 aliphatic rings. The van der Waals surface area contributed by atoms with Gasteiger partial charge in [-0.05, 0) is 30.5 Å². The van der Waals surface area contributed by atoms with Crippen molar-refractivity contribution in [2.45, 2.75) is 32.7 Å². The molecule has 1 N–H and O–H groups in total. The highest BCUT2D eigenvalue weighted by atomic mass is 16.2. The van der Waals surface area contributed by atoms with Crippen molar-refractivity contribution in [2.24, 2.45) is 5.92 Å². The Bertz CT molecular complexity index is 510. The summed E-state index contributed by atoms with van der Waals surface area (Å²) in [7, 11) is 0. The molecule has 1 aromatic rings. The fourth-order valence-electron chi connectivity index (χ4n) is 2.42. The van der Waals surface area contributed by atoms with E-state index < -0.39 is 0 Å². The largest absolute Gasteiger partial charge is 0.395 e. The number of benzene rings is 1. The van der Waals surface area contributed by atoms with Crippen LogP contribution in [-0.4, -0.2) is 29.1 Å². The van der Waals surface area contributed by atoms with Crippen molar-refractivity contribution in [3.05, 3.63) is 35.4 Å². The highest BCUT2D eigenvalue weighted by Gasteiger charge is 2.24. The average molecular weight is 271 g/mol. The van der Waals surface area contributed by atoms with Gasteiger partial charge in [0.1, 0.15) is 0 Å². The third-order valence-corrected chi connectivity index (χ3v) is 3.60. The van der Waals surface area contributed by atoms with Crippen LogP contribution in [0.3, 0.4) is 0 Å². The highest BCUT2D eigenvalue weighted by molar-refractivity contribution is 5.79. The Hall–Kier alpha value is -1.79. The van der Waals surface area contributed by atoms with E-state index in [0.717, 1.165) is 30.5 Å². The van der Waals surface area contributed by atoms with Crippen LogP contribution in [0.25, 0.3) is 0 Å². The lowest BCUT2D eigenvalue weighted by Gasteiger charge is -2.30. The van der Waals surface area contributed by atoms with E-state index in [1.54, 1.807) is 0 Å². The Morgan fingerprint density at radius 3 is 2.80 bits per heavy atom. The van der Waals surface area contributed by atoms with Crippen molar-refractivity contribution in [3.8, 4) is 11.8 Å². The summed E-state index contributed by atoms with van der Waals surface area (Å²) >= 11 is 0. The van der Waals surface area contributed by atoms with Gasteiger partial charge in [0.25, 0.3) is 0 Å². The lowest BCUT2D eigenvalue weighted by atomic mass is 9.98. The molecule has 1 heterocycles. The quantitative estimate of drug-likeness (QED) is 0.856. The predicted molar refractivity (Wildman–Crippen MR) is 78.8 cm³/mol. The molecular weight excluding hydrogens is 250 g/mol. The van der Waals surface area contributed by atoms with Gasteiger partial charge in [0.05, 0.1) is 6.61 Å². The lowest BCUT2D eigenvalue weighted by molar-refractivity contribution is -0.138. The van der Waals surface area contributed by atoms with Crippen LogP contribution in [-0.2, 0) is 11.3 Å². The normalized spacial score (nSPS) is 18.6. The number of likely N-dealkylation sites (tertiary alicyclic amines) is 1. The molecule has 0 radical (unpaired) electrons. The number of aliphatic hydroxyl groups is 1. The van der Waals surface area contributed by atoms with Crippen molar-refractivity contribution in [1.29, 1.82) is 0 Å². The van der Waals surface area contributed by atoms with Crippen molar-refractivity contribution >= 4 is 5.91 Å². The minimum atomic E-state index is 0.0976. The summed E-state index contributed by atoms with van der Waals surface area (Å²) in [6.45, 7) is 3.66. The van der Waals surface area contributed by atoms with Crippen molar-refractivity contribution in [3.63, 3.8) is 0 Å². The maximum absolute atomic E-state index is 12.1. The van der Waals surface area contributed by atoms with E-state index in [0.29, 0.717) is 13.0 Å². The second-order valence-corrected chi connectivity index (χ2v) is 5.28. The predicted octanol–water partition coefficient (Wildman–Crippen LogP) is 2.18. The molecule has 106 valence electrons. The number of carbonyl (C=O) groups excluding carboxylic acids is 1. The van der Waals surface area contributed by atoms with Crippen LogP contribution < -0.4 is 0 Å². The summed E-state index contributed by atoms with van der Waals surface area (Å²) in [5.41, 5.74) is 2.08. The summed E-state index contributed by atoms with van der Waals surface area (Å²) in [4.78, 5) is 14.0. The van der Waals surface area contributed by atoms with Crippen molar-refractivity contribution < 1.29 is 9.90 Å². The first-order valence-corrected chi connectivity index (χ1v) is 7.18. The van der Waals surface area contributed by atoms with Crippen LogP contribution in [0.15, 0.2) is 24.3 Å². The smallest absolute Gasteiger partial charge is 0.225 e. The Kier molecular flexibility index (Phi) is 5.20. The van der Waals surface area contributed by atoms with Gasteiger partial charge >= 0.3 is 0 Å². The summed E-state index contributed by atoms with van der Waals surface area (Å²) < 4.78 is 0. The molecule has 1 unspecified atom stereocenters. The second-order valence-electron chi connectivity index (χ2n) is 5.28. The number of hydrogen-bond acceptors (Lipinski definition) is 2. The monoisotopic (exact) mass is 271 g/mol. The molecule has 1 fully saturated rings. The summed E-state index contributed by atoms with van der Waals surface area (Å²) in [6.07, 6.45) is 2.61. The first-order valence-electron chi connectivity index (χ1n) is 7.18. The highest BCUT2D eigenvalue weighted by Crippen LogP contribution is 2.19. The maximum Gasteiger partial charge on any atom is 0.225 e. The molecule has 0 bridgehead atoms. The van der Waals surface area contributed by atoms with Crippen LogP contribution in [0.2, 0.25) is 0 Å². The van der Waals surface area contributed by atoms with Gasteiger partial charge in [0.15, 0.2) is 0 Å². The van der Waals surface area contributed by atoms with E-state index in [4.69, 9.17) is 5.11 Å². The molecule has 2 rings (SSSR count). The van der Waals surface area contributed by atoms with E-state index in [-0.39, 0.29) is 18.4 Å². The molecule has 3 nitrogen and oxygen atoms in total. The maximum atomic E-state index is 12.1. The number of rotatable bonds is 3. The molecule has 3 heteroatoms. The zero-order chi connectivity index (χ0) is 14.4. The van der Waals surface area contributed by atoms with Crippen LogP contribution in [0.5, 0.6) is 0 Å². The number of amides is 1. The Morgan fingerprint density at radius 2 is 2.10 bits per heavy atom. The molecule has 0 aliphatic carbocycles. The van der Waals surface area contributed by atoms with Crippen molar-refractivity contribution in [2.75, 3.05) is 13.2 Å². The molecule has 20 heavy (non-hydrogen) atoms. The van der Waals surface area contributed by atoms with Gasteiger partial charge < -0.3 is 10.0 Å². The molecule has 1 atom stereocenters. The third-order valence-electron chi connectivity index (χ3n) is 3.60. The number of aliphatic hydroxyl groups excluding tert-OH is 1. The molecule has 1 aliphatic heterocycles. The molecule has 0 spiro atoms. The minimum Gasteiger partial charge on any atom is -0.395 e. The number of carbonyl (C=O) groups is 1. The van der Waals surface area contributed by atoms with E-state index >= 15 is 0 Å². The molecule has 0 saturated carbocycles. The van der Waals surface area contributed by atoms with E-state index in [2.05, 4.69) is 11.8 Å². The number of hydrogen-bond donors (Lipinski definition) is 1. The topological polar surface area (TPSA) is 40.5 Å². The van der Waals surface area contributed by atoms with Crippen LogP contribution >= 0.6 is 0 Å². The van der Waals surface area contributed by atoms with Gasteiger partial charge in [-0.3, -0.25) is 4.79 Å². The second kappa shape index (κ2) is 7.12. The van der Waals surface area contributed by atoms with E-state index in [1.165, 1.54) is 0 Å². The van der Waals surface area contributed by atoms with Gasteiger partial charge in [-0.25, -0.2) is 0 Å². The first-order chi connectivity index (χ1) is 9.70. The summed E-state index contributed by atoms with van der Waals surface area (Å²) in [6, 6.07) is 7.99. The summed E-state index contributed by atoms with van der Waals surface area (Å²) in [5, 5.41) is 8.68. The minimum absolute atomic E-state index is 0.0976. The lowest BCUT2D eigenvalue weighted by Crippen LogP contribution is -2.39. The standard InChI is InChI=1S/C17H21NO2/c1-14-5-4-11-18(17(14)20)13-16-9-7-15(8-10-16)6-2-3-12-19/h7-10,14,19H,3-5,11-13H2,1H3. The average Bonchev–Trinajstić information content (AvgIpc) is 2.46. The zero-order valence-electron chi connectivity index (χ0n) is 11.9. The number of nitrogens with zero attached hydrogens (tertiary/aromatic N) is 1. The van der Waals surface area contributed by atoms with Gasteiger partial charge in [-0.1, -0.05) is 30.9 Å².